The summed E-state index contributed by atoms with van der Waals surface area (Å²) in [6.07, 6.45) is 0. The number of nitrogens with zero attached hydrogens (tertiary/aromatic N) is 2. The van der Waals surface area contributed by atoms with Crippen molar-refractivity contribution in [3.63, 3.8) is 0 Å². The number of aromatic nitrogens is 2. The van der Waals surface area contributed by atoms with Gasteiger partial charge in [-0.05, 0) is 43.2 Å². The predicted octanol–water partition coefficient (Wildman–Crippen LogP) is 4.72. The lowest BCUT2D eigenvalue weighted by molar-refractivity contribution is 1.00. The molecule has 0 unspecified atom stereocenters. The second kappa shape index (κ2) is 4.81. The third-order valence-corrected chi connectivity index (χ3v) is 3.57. The molecule has 0 amide bonds. The zero-order chi connectivity index (χ0) is 12.6. The fraction of sp³-hybridized carbons (Fsp3) is 0.167. The summed E-state index contributed by atoms with van der Waals surface area (Å²) in [5.41, 5.74) is 3.32. The Morgan fingerprint density at radius 3 is 2.35 bits per heavy atom. The van der Waals surface area contributed by atoms with Crippen LogP contribution < -0.4 is 0 Å². The molecule has 0 saturated heterocycles. The van der Waals surface area contributed by atoms with Crippen LogP contribution in [0.1, 0.15) is 11.1 Å². The lowest BCUT2D eigenvalue weighted by Crippen LogP contribution is -1.97. The third-order valence-electron chi connectivity index (χ3n) is 2.65. The van der Waals surface area contributed by atoms with Crippen LogP contribution >= 0.6 is 34.8 Å². The topological polar surface area (TPSA) is 25.8 Å². The van der Waals surface area contributed by atoms with E-state index in [0.717, 1.165) is 16.7 Å². The first-order valence-electron chi connectivity index (χ1n) is 4.95. The number of benzene rings is 1. The molecule has 0 radical (unpaired) electrons. The molecule has 1 aromatic carbocycles. The van der Waals surface area contributed by atoms with E-state index >= 15 is 0 Å². The average Bonchev–Trinajstić information content (AvgIpc) is 2.30. The van der Waals surface area contributed by atoms with Crippen molar-refractivity contribution < 1.29 is 0 Å². The summed E-state index contributed by atoms with van der Waals surface area (Å²) in [5, 5.41) is 9.59. The monoisotopic (exact) mass is 286 g/mol. The molecule has 2 aromatic rings. The lowest BCUT2D eigenvalue weighted by atomic mass is 10.0. The second-order valence-corrected chi connectivity index (χ2v) is 4.92. The zero-order valence-corrected chi connectivity index (χ0v) is 11.5. The predicted molar refractivity (Wildman–Crippen MR) is 72.0 cm³/mol. The van der Waals surface area contributed by atoms with Crippen molar-refractivity contribution in [2.75, 3.05) is 0 Å². The Labute approximate surface area is 115 Å². The molecule has 1 aromatic heterocycles. The molecule has 2 nitrogen and oxygen atoms in total. The molecule has 0 N–H and O–H groups in total. The number of hydrogen-bond donors (Lipinski definition) is 0. The van der Waals surface area contributed by atoms with Crippen molar-refractivity contribution in [3.05, 3.63) is 44.5 Å². The number of hydrogen-bond acceptors (Lipinski definition) is 2. The van der Waals surface area contributed by atoms with E-state index in [-0.39, 0.29) is 0 Å². The van der Waals surface area contributed by atoms with Crippen molar-refractivity contribution in [2.24, 2.45) is 0 Å². The Morgan fingerprint density at radius 2 is 1.65 bits per heavy atom. The Balaban J connectivity index is 2.69. The van der Waals surface area contributed by atoms with Crippen LogP contribution in [0.25, 0.3) is 11.3 Å². The van der Waals surface area contributed by atoms with Crippen LogP contribution in [0.5, 0.6) is 0 Å². The van der Waals surface area contributed by atoms with E-state index in [2.05, 4.69) is 10.2 Å². The number of rotatable bonds is 1. The van der Waals surface area contributed by atoms with Crippen molar-refractivity contribution in [2.45, 2.75) is 13.8 Å². The largest absolute Gasteiger partial charge is 0.154 e. The molecular formula is C12H9Cl3N2. The van der Waals surface area contributed by atoms with Crippen LogP contribution in [-0.4, -0.2) is 10.2 Å². The molecule has 0 aliphatic heterocycles. The molecule has 0 saturated carbocycles. The van der Waals surface area contributed by atoms with Gasteiger partial charge in [-0.3, -0.25) is 0 Å². The van der Waals surface area contributed by atoms with E-state index in [0.29, 0.717) is 20.9 Å². The SMILES string of the molecule is Cc1c(Cl)nnc(-c2cc(Cl)ccc2Cl)c1C. The van der Waals surface area contributed by atoms with Crippen LogP contribution in [0.3, 0.4) is 0 Å². The van der Waals surface area contributed by atoms with Gasteiger partial charge in [0.1, 0.15) is 0 Å². The molecule has 5 heteroatoms. The Morgan fingerprint density at radius 1 is 0.941 bits per heavy atom. The highest BCUT2D eigenvalue weighted by Crippen LogP contribution is 2.32. The smallest absolute Gasteiger partial charge is 0.149 e. The summed E-state index contributed by atoms with van der Waals surface area (Å²) >= 11 is 18.0. The molecule has 17 heavy (non-hydrogen) atoms. The fourth-order valence-corrected chi connectivity index (χ4v) is 2.07. The molecule has 1 heterocycles. The standard InChI is InChI=1S/C12H9Cl3N2/c1-6-7(2)12(15)17-16-11(6)9-5-8(13)3-4-10(9)14/h3-5H,1-2H3. The summed E-state index contributed by atoms with van der Waals surface area (Å²) in [7, 11) is 0. The Hall–Kier alpha value is -0.830. The molecule has 0 bridgehead atoms. The first-order chi connectivity index (χ1) is 8.00. The van der Waals surface area contributed by atoms with E-state index in [1.165, 1.54) is 0 Å². The highest BCUT2D eigenvalue weighted by molar-refractivity contribution is 6.35. The van der Waals surface area contributed by atoms with Gasteiger partial charge in [0, 0.05) is 10.6 Å². The fourth-order valence-electron chi connectivity index (χ4n) is 1.51. The van der Waals surface area contributed by atoms with Gasteiger partial charge in [0.15, 0.2) is 5.15 Å². The van der Waals surface area contributed by atoms with Crippen molar-refractivity contribution in [3.8, 4) is 11.3 Å². The van der Waals surface area contributed by atoms with Crippen LogP contribution in [0.15, 0.2) is 18.2 Å². The molecule has 88 valence electrons. The van der Waals surface area contributed by atoms with Crippen LogP contribution in [0, 0.1) is 13.8 Å². The molecular weight excluding hydrogens is 279 g/mol. The maximum atomic E-state index is 6.14. The third kappa shape index (κ3) is 2.39. The lowest BCUT2D eigenvalue weighted by Gasteiger charge is -2.09. The van der Waals surface area contributed by atoms with Gasteiger partial charge >= 0.3 is 0 Å². The summed E-state index contributed by atoms with van der Waals surface area (Å²) in [6.45, 7) is 3.83. The van der Waals surface area contributed by atoms with Gasteiger partial charge in [0.2, 0.25) is 0 Å². The van der Waals surface area contributed by atoms with Gasteiger partial charge in [-0.15, -0.1) is 10.2 Å². The van der Waals surface area contributed by atoms with Crippen molar-refractivity contribution >= 4 is 34.8 Å². The van der Waals surface area contributed by atoms with Crippen LogP contribution in [0.4, 0.5) is 0 Å². The van der Waals surface area contributed by atoms with E-state index in [1.54, 1.807) is 18.2 Å². The summed E-state index contributed by atoms with van der Waals surface area (Å²) in [5.74, 6) is 0. The van der Waals surface area contributed by atoms with E-state index in [1.807, 2.05) is 13.8 Å². The van der Waals surface area contributed by atoms with Crippen molar-refractivity contribution in [1.29, 1.82) is 0 Å². The minimum atomic E-state index is 0.407. The van der Waals surface area contributed by atoms with Crippen molar-refractivity contribution in [1.82, 2.24) is 10.2 Å². The highest BCUT2D eigenvalue weighted by Gasteiger charge is 2.13. The molecule has 0 aliphatic rings. The van der Waals surface area contributed by atoms with Gasteiger partial charge in [0.05, 0.1) is 10.7 Å². The summed E-state index contributed by atoms with van der Waals surface area (Å²) < 4.78 is 0. The molecule has 2 rings (SSSR count). The molecule has 0 fully saturated rings. The van der Waals surface area contributed by atoms with E-state index in [4.69, 9.17) is 34.8 Å². The Kier molecular flexibility index (Phi) is 3.57. The minimum absolute atomic E-state index is 0.407. The summed E-state index contributed by atoms with van der Waals surface area (Å²) in [4.78, 5) is 0. The maximum absolute atomic E-state index is 6.14. The van der Waals surface area contributed by atoms with E-state index in [9.17, 15) is 0 Å². The first-order valence-corrected chi connectivity index (χ1v) is 6.09. The quantitative estimate of drug-likeness (QED) is 0.758. The van der Waals surface area contributed by atoms with Gasteiger partial charge in [-0.1, -0.05) is 34.8 Å². The van der Waals surface area contributed by atoms with E-state index < -0.39 is 0 Å². The molecule has 0 spiro atoms. The van der Waals surface area contributed by atoms with Gasteiger partial charge in [-0.2, -0.15) is 0 Å². The average molecular weight is 288 g/mol. The maximum Gasteiger partial charge on any atom is 0.154 e. The van der Waals surface area contributed by atoms with Crippen LogP contribution in [-0.2, 0) is 0 Å². The van der Waals surface area contributed by atoms with Gasteiger partial charge < -0.3 is 0 Å². The first kappa shape index (κ1) is 12.6. The normalized spacial score (nSPS) is 10.6. The van der Waals surface area contributed by atoms with Gasteiger partial charge in [-0.25, -0.2) is 0 Å². The zero-order valence-electron chi connectivity index (χ0n) is 9.26. The number of halogens is 3. The molecule has 0 atom stereocenters. The highest BCUT2D eigenvalue weighted by atomic mass is 35.5. The minimum Gasteiger partial charge on any atom is -0.149 e. The van der Waals surface area contributed by atoms with Crippen LogP contribution in [0.2, 0.25) is 15.2 Å². The van der Waals surface area contributed by atoms with Gasteiger partial charge in [0.25, 0.3) is 0 Å². The molecule has 0 aliphatic carbocycles. The second-order valence-electron chi connectivity index (χ2n) is 3.71. The summed E-state index contributed by atoms with van der Waals surface area (Å²) in [6, 6.07) is 5.25. The Bertz CT molecular complexity index is 582.